The van der Waals surface area contributed by atoms with Crippen molar-refractivity contribution in [3.63, 3.8) is 0 Å². The summed E-state index contributed by atoms with van der Waals surface area (Å²) in [5.41, 5.74) is 15.6. The van der Waals surface area contributed by atoms with Crippen LogP contribution in [-0.2, 0) is 5.41 Å². The average Bonchev–Trinajstić information content (AvgIpc) is 3.67. The zero-order valence-corrected chi connectivity index (χ0v) is 36.5. The predicted molar refractivity (Wildman–Crippen MR) is 279 cm³/mol. The van der Waals surface area contributed by atoms with Crippen molar-refractivity contribution in [2.24, 2.45) is 0 Å². The summed E-state index contributed by atoms with van der Waals surface area (Å²) in [5, 5.41) is 30.1. The first-order valence-corrected chi connectivity index (χ1v) is 22.9. The normalized spacial score (nSPS) is 12.7. The highest BCUT2D eigenvalue weighted by Crippen LogP contribution is 2.59. The van der Waals surface area contributed by atoms with Gasteiger partial charge in [0.05, 0.1) is 5.41 Å². The molecule has 0 heterocycles. The van der Waals surface area contributed by atoms with Gasteiger partial charge in [-0.2, -0.15) is 0 Å². The number of hydrogen-bond donors (Lipinski definition) is 2. The Bertz CT molecular complexity index is 3700. The molecule has 67 heavy (non-hydrogen) atoms. The second kappa shape index (κ2) is 15.2. The maximum Gasteiger partial charge on any atom is 0.116 e. The van der Waals surface area contributed by atoms with Gasteiger partial charge in [-0.15, -0.1) is 0 Å². The van der Waals surface area contributed by atoms with Gasteiger partial charge in [-0.25, -0.2) is 0 Å². The van der Waals surface area contributed by atoms with Crippen molar-refractivity contribution < 1.29 is 10.2 Å². The maximum atomic E-state index is 10.6. The molecule has 12 aromatic rings. The van der Waals surface area contributed by atoms with Crippen LogP contribution >= 0.6 is 0 Å². The third-order valence-corrected chi connectivity index (χ3v) is 14.3. The summed E-state index contributed by atoms with van der Waals surface area (Å²) in [7, 11) is 0. The number of aromatic hydroxyl groups is 2. The summed E-state index contributed by atoms with van der Waals surface area (Å²) < 4.78 is 0. The van der Waals surface area contributed by atoms with Crippen LogP contribution in [0.2, 0.25) is 0 Å². The lowest BCUT2D eigenvalue weighted by Crippen LogP contribution is -2.28. The summed E-state index contributed by atoms with van der Waals surface area (Å²) >= 11 is 0. The van der Waals surface area contributed by atoms with Gasteiger partial charge in [0.1, 0.15) is 11.5 Å². The van der Waals surface area contributed by atoms with Crippen LogP contribution in [0, 0.1) is 0 Å². The number of phenols is 2. The van der Waals surface area contributed by atoms with Gasteiger partial charge in [0.2, 0.25) is 0 Å². The maximum absolute atomic E-state index is 10.6. The van der Waals surface area contributed by atoms with Crippen molar-refractivity contribution in [3.05, 3.63) is 265 Å². The van der Waals surface area contributed by atoms with Gasteiger partial charge in [-0.1, -0.05) is 194 Å². The first kappa shape index (κ1) is 38.7. The van der Waals surface area contributed by atoms with Crippen LogP contribution in [-0.4, -0.2) is 10.2 Å². The molecular weight excluding hydrogens is 813 g/mol. The van der Waals surface area contributed by atoms with Crippen molar-refractivity contribution in [2.45, 2.75) is 5.41 Å². The highest BCUT2D eigenvalue weighted by atomic mass is 16.3. The first-order chi connectivity index (χ1) is 33.0. The SMILES string of the molecule is Oc1ccc2cc(C3(c4ccc5cc(O)ccc5c4)c4cc(-c5ccccc5-c5cccc6ccccc56)ccc4-c4ccc(-c5ccccc5-c5cccc6ccccc56)cc43)ccc2c1. The predicted octanol–water partition coefficient (Wildman–Crippen LogP) is 16.7. The Balaban J connectivity index is 1.12. The van der Waals surface area contributed by atoms with Crippen molar-refractivity contribution in [3.8, 4) is 67.1 Å². The summed E-state index contributed by atoms with van der Waals surface area (Å²) in [5.74, 6) is 0.488. The number of hydrogen-bond acceptors (Lipinski definition) is 2. The van der Waals surface area contributed by atoms with E-state index in [2.05, 4.69) is 206 Å². The minimum Gasteiger partial charge on any atom is -0.508 e. The van der Waals surface area contributed by atoms with E-state index in [9.17, 15) is 10.2 Å². The van der Waals surface area contributed by atoms with E-state index < -0.39 is 5.41 Å². The molecule has 0 unspecified atom stereocenters. The van der Waals surface area contributed by atoms with E-state index in [-0.39, 0.29) is 11.5 Å². The molecule has 0 saturated heterocycles. The molecule has 12 aromatic carbocycles. The van der Waals surface area contributed by atoms with E-state index in [1.54, 1.807) is 12.1 Å². The van der Waals surface area contributed by atoms with E-state index in [0.717, 1.165) is 43.8 Å². The molecular formula is C65H42O2. The van der Waals surface area contributed by atoms with Crippen LogP contribution in [0.15, 0.2) is 243 Å². The van der Waals surface area contributed by atoms with Gasteiger partial charge < -0.3 is 10.2 Å². The lowest BCUT2D eigenvalue weighted by atomic mass is 9.66. The third-order valence-electron chi connectivity index (χ3n) is 14.3. The van der Waals surface area contributed by atoms with Gasteiger partial charge in [0, 0.05) is 0 Å². The minimum atomic E-state index is -0.794. The Labute approximate surface area is 389 Å². The Hall–Kier alpha value is -8.72. The van der Waals surface area contributed by atoms with Crippen LogP contribution in [0.25, 0.3) is 98.7 Å². The van der Waals surface area contributed by atoms with Gasteiger partial charge in [0.15, 0.2) is 0 Å². The van der Waals surface area contributed by atoms with E-state index in [1.165, 1.54) is 77.2 Å². The molecule has 1 aliphatic carbocycles. The molecule has 0 spiro atoms. The van der Waals surface area contributed by atoms with Gasteiger partial charge >= 0.3 is 0 Å². The lowest BCUT2D eigenvalue weighted by molar-refractivity contribution is 0.475. The van der Waals surface area contributed by atoms with Crippen molar-refractivity contribution in [1.29, 1.82) is 0 Å². The summed E-state index contributed by atoms with van der Waals surface area (Å²) in [6, 6.07) is 87.0. The molecule has 2 N–H and O–H groups in total. The molecule has 13 rings (SSSR count). The molecule has 0 radical (unpaired) electrons. The molecule has 0 amide bonds. The molecule has 0 aromatic heterocycles. The fourth-order valence-electron chi connectivity index (χ4n) is 11.2. The fourth-order valence-corrected chi connectivity index (χ4v) is 11.2. The van der Waals surface area contributed by atoms with E-state index in [4.69, 9.17) is 0 Å². The Morgan fingerprint density at radius 3 is 1.09 bits per heavy atom. The molecule has 0 bridgehead atoms. The largest absolute Gasteiger partial charge is 0.508 e. The van der Waals surface area contributed by atoms with Crippen LogP contribution < -0.4 is 0 Å². The van der Waals surface area contributed by atoms with Crippen molar-refractivity contribution in [1.82, 2.24) is 0 Å². The molecule has 0 aliphatic heterocycles. The van der Waals surface area contributed by atoms with Crippen LogP contribution in [0.1, 0.15) is 22.3 Å². The molecule has 314 valence electrons. The second-order valence-corrected chi connectivity index (χ2v) is 17.9. The third kappa shape index (κ3) is 6.11. The number of benzene rings is 12. The van der Waals surface area contributed by atoms with Crippen LogP contribution in [0.4, 0.5) is 0 Å². The van der Waals surface area contributed by atoms with Crippen molar-refractivity contribution in [2.75, 3.05) is 0 Å². The quantitative estimate of drug-likeness (QED) is 0.175. The standard InChI is InChI=1S/C65H42O2/c66-51-31-25-43-35-49(29-23-45(43)37-51)65(50-30-24-46-38-52(67)32-26-44(46)36-50)63-39-47(55-17-5-7-19-57(55)59-21-9-13-41-11-1-3-15-53(41)59)27-33-61(63)62-34-28-48(40-64(62)65)56-18-6-8-20-58(56)60-22-10-14-42-12-2-4-16-54(42)60/h1-40,66-67H. The summed E-state index contributed by atoms with van der Waals surface area (Å²) in [6.07, 6.45) is 0. The number of fused-ring (bicyclic) bond motifs is 7. The summed E-state index contributed by atoms with van der Waals surface area (Å²) in [6.45, 7) is 0. The first-order valence-electron chi connectivity index (χ1n) is 22.9. The monoisotopic (exact) mass is 854 g/mol. The van der Waals surface area contributed by atoms with Crippen molar-refractivity contribution >= 4 is 43.1 Å². The van der Waals surface area contributed by atoms with Gasteiger partial charge in [0.25, 0.3) is 0 Å². The minimum absolute atomic E-state index is 0.244. The van der Waals surface area contributed by atoms with Crippen LogP contribution in [0.3, 0.4) is 0 Å². The smallest absolute Gasteiger partial charge is 0.116 e. The Kier molecular flexibility index (Phi) is 8.78. The highest BCUT2D eigenvalue weighted by Gasteiger charge is 2.47. The molecule has 2 nitrogen and oxygen atoms in total. The van der Waals surface area contributed by atoms with Gasteiger partial charge in [-0.05, 0) is 170 Å². The molecule has 0 fully saturated rings. The Morgan fingerprint density at radius 2 is 0.612 bits per heavy atom. The van der Waals surface area contributed by atoms with Gasteiger partial charge in [-0.3, -0.25) is 0 Å². The number of rotatable bonds is 6. The van der Waals surface area contributed by atoms with Crippen LogP contribution in [0.5, 0.6) is 11.5 Å². The zero-order valence-electron chi connectivity index (χ0n) is 36.5. The zero-order chi connectivity index (χ0) is 44.6. The second-order valence-electron chi connectivity index (χ2n) is 17.9. The molecule has 0 atom stereocenters. The molecule has 1 aliphatic rings. The summed E-state index contributed by atoms with van der Waals surface area (Å²) in [4.78, 5) is 0. The molecule has 0 saturated carbocycles. The number of phenolic OH excluding ortho intramolecular Hbond substituents is 2. The lowest BCUT2D eigenvalue weighted by Gasteiger charge is -2.35. The molecule has 2 heteroatoms. The van der Waals surface area contributed by atoms with E-state index in [0.29, 0.717) is 0 Å². The Morgan fingerprint density at radius 1 is 0.239 bits per heavy atom. The fraction of sp³-hybridized carbons (Fsp3) is 0.0154. The average molecular weight is 855 g/mol. The van der Waals surface area contributed by atoms with E-state index >= 15 is 0 Å². The van der Waals surface area contributed by atoms with E-state index in [1.807, 2.05) is 24.3 Å². The topological polar surface area (TPSA) is 40.5 Å². The highest BCUT2D eigenvalue weighted by molar-refractivity contribution is 6.03.